The first kappa shape index (κ1) is 71.6. The van der Waals surface area contributed by atoms with Crippen molar-refractivity contribution in [2.45, 2.75) is 156 Å². The van der Waals surface area contributed by atoms with Crippen molar-refractivity contribution in [2.75, 3.05) is 60.8 Å². The second kappa shape index (κ2) is 35.0. The van der Waals surface area contributed by atoms with Crippen LogP contribution in [0.4, 0.5) is 11.4 Å². The number of hydrogen-bond acceptors (Lipinski definition) is 18. The molecule has 0 saturated carbocycles. The third-order valence-electron chi connectivity index (χ3n) is 13.6. The Morgan fingerprint density at radius 3 is 1.05 bits per heavy atom. The zero-order valence-corrected chi connectivity index (χ0v) is 52.3. The summed E-state index contributed by atoms with van der Waals surface area (Å²) in [4.78, 5) is 136. The van der Waals surface area contributed by atoms with E-state index in [0.717, 1.165) is 12.1 Å². The second-order valence-electron chi connectivity index (χ2n) is 22.9. The van der Waals surface area contributed by atoms with Crippen molar-refractivity contribution >= 4 is 93.7 Å². The number of thioether (sulfide) groups is 2. The maximum Gasteiger partial charge on any atom is 0.243 e. The van der Waals surface area contributed by atoms with E-state index >= 15 is 0 Å². The molecule has 84 heavy (non-hydrogen) atoms. The number of nitrogens with one attached hydrogen (secondary N) is 10. The molecule has 1 aliphatic carbocycles. The summed E-state index contributed by atoms with van der Waals surface area (Å²) in [7, 11) is 0. The van der Waals surface area contributed by atoms with Gasteiger partial charge in [0.05, 0.1) is 34.3 Å². The zero-order chi connectivity index (χ0) is 63.1. The number of nitrogens with two attached hydrogens (primary N) is 2. The van der Waals surface area contributed by atoms with Gasteiger partial charge in [-0.15, -0.1) is 0 Å². The number of benzene rings is 2. The van der Waals surface area contributed by atoms with Crippen LogP contribution in [0.5, 0.6) is 11.5 Å². The fraction of sp³-hybridized carbons (Fsp3) is 0.621. The van der Waals surface area contributed by atoms with Crippen molar-refractivity contribution in [3.8, 4) is 11.5 Å². The van der Waals surface area contributed by atoms with Crippen LogP contribution in [0.15, 0.2) is 24.3 Å². The van der Waals surface area contributed by atoms with Crippen LogP contribution in [-0.4, -0.2) is 168 Å². The van der Waals surface area contributed by atoms with Crippen molar-refractivity contribution in [1.82, 2.24) is 42.5 Å². The minimum absolute atomic E-state index is 0.000900. The largest absolute Gasteiger partial charge is 0.507 e. The van der Waals surface area contributed by atoms with Crippen LogP contribution in [0.2, 0.25) is 0 Å². The Morgan fingerprint density at radius 2 is 0.738 bits per heavy atom. The van der Waals surface area contributed by atoms with Gasteiger partial charge >= 0.3 is 0 Å². The standard InChI is InChI=1S/C58H92N12O12S2/c1-29(2)25-35(59)53(77)65-33(9)51(75)69-41(27-31(5)6)57(81)67-39(17-23-83-11)55(79)63-21-19-61-37-13-14-38(46-45(37)49(73)47-43(71)15-16-44(72)48(47)50(46)74)62-20-22-64-56(80)40(18-24-84-12)68-58(82)42(28-32(7)8)70-52(76)34(10)66-54(78)36(60)26-30(3)4/h13-16,29-36,39-42,61-62,71-72H,17-28,59-60H2,1-12H3,(H,63,79)(H,64,80)(H,65,77)(H,66,78)(H,67,81)(H,68,82)(H,69,75)(H,70,76)/t33-,34-,35-,36-,39-,40-,41-,42-/m0/s1. The molecule has 26 heteroatoms. The van der Waals surface area contributed by atoms with Crippen LogP contribution in [0.1, 0.15) is 140 Å². The quantitative estimate of drug-likeness (QED) is 0.0293. The summed E-state index contributed by atoms with van der Waals surface area (Å²) in [5.74, 6) is -5.88. The number of phenols is 2. The summed E-state index contributed by atoms with van der Waals surface area (Å²) in [6.45, 7) is 18.1. The lowest BCUT2D eigenvalue weighted by Crippen LogP contribution is -2.57. The highest BCUT2D eigenvalue weighted by Gasteiger charge is 2.39. The Hall–Kier alpha value is -6.64. The number of ketones is 2. The average Bonchev–Trinajstić information content (AvgIpc) is 1.03. The molecule has 8 atom stereocenters. The summed E-state index contributed by atoms with van der Waals surface area (Å²) < 4.78 is 0. The first-order valence-electron chi connectivity index (χ1n) is 28.7. The first-order chi connectivity index (χ1) is 39.5. The van der Waals surface area contributed by atoms with Gasteiger partial charge in [0.1, 0.15) is 47.8 Å². The molecule has 3 rings (SSSR count). The van der Waals surface area contributed by atoms with Crippen molar-refractivity contribution < 1.29 is 58.2 Å². The zero-order valence-electron chi connectivity index (χ0n) is 50.7. The minimum Gasteiger partial charge on any atom is -0.507 e. The van der Waals surface area contributed by atoms with Crippen molar-refractivity contribution in [2.24, 2.45) is 35.1 Å². The highest BCUT2D eigenvalue weighted by Crippen LogP contribution is 2.42. The van der Waals surface area contributed by atoms with Gasteiger partial charge in [0.15, 0.2) is 0 Å². The summed E-state index contributed by atoms with van der Waals surface area (Å²) in [5.41, 5.74) is 11.2. The number of carbonyl (C=O) groups is 10. The molecule has 0 aliphatic heterocycles. The Morgan fingerprint density at radius 1 is 0.417 bits per heavy atom. The molecule has 0 radical (unpaired) electrons. The van der Waals surface area contributed by atoms with Crippen LogP contribution in [0, 0.1) is 23.7 Å². The third kappa shape index (κ3) is 22.1. The van der Waals surface area contributed by atoms with E-state index in [1.807, 2.05) is 67.9 Å². The van der Waals surface area contributed by atoms with Crippen molar-refractivity contribution in [3.63, 3.8) is 0 Å². The number of amides is 8. The van der Waals surface area contributed by atoms with Gasteiger partial charge in [-0.2, -0.15) is 23.5 Å². The van der Waals surface area contributed by atoms with E-state index < -0.39 is 130 Å². The van der Waals surface area contributed by atoms with E-state index in [1.54, 1.807) is 0 Å². The molecule has 0 saturated heterocycles. The normalized spacial score (nSPS) is 14.8. The van der Waals surface area contributed by atoms with E-state index in [0.29, 0.717) is 24.3 Å². The molecule has 8 amide bonds. The van der Waals surface area contributed by atoms with Gasteiger partial charge in [-0.1, -0.05) is 55.4 Å². The smallest absolute Gasteiger partial charge is 0.243 e. The predicted octanol–water partition coefficient (Wildman–Crippen LogP) is 2.22. The maximum absolute atomic E-state index is 14.3. The van der Waals surface area contributed by atoms with Gasteiger partial charge in [-0.05, 0) is 124 Å². The Labute approximate surface area is 502 Å². The van der Waals surface area contributed by atoms with Crippen LogP contribution in [0.25, 0.3) is 0 Å². The molecule has 24 nitrogen and oxygen atoms in total. The molecule has 468 valence electrons. The molecule has 16 N–H and O–H groups in total. The monoisotopic (exact) mass is 1210 g/mol. The highest BCUT2D eigenvalue weighted by atomic mass is 32.2. The summed E-state index contributed by atoms with van der Waals surface area (Å²) in [6, 6.07) is -2.53. The summed E-state index contributed by atoms with van der Waals surface area (Å²) in [6.07, 6.45) is 5.46. The van der Waals surface area contributed by atoms with Gasteiger partial charge in [0.2, 0.25) is 58.8 Å². The number of carbonyl (C=O) groups excluding carboxylic acids is 10. The Kier molecular flexibility index (Phi) is 29.8. The first-order valence-corrected chi connectivity index (χ1v) is 31.5. The Bertz CT molecular complexity index is 2460. The van der Waals surface area contributed by atoms with Crippen LogP contribution < -0.4 is 64.6 Å². The van der Waals surface area contributed by atoms with Gasteiger partial charge in [-0.3, -0.25) is 47.9 Å². The SMILES string of the molecule is CSCC[C@H](NC(=O)[C@H](CC(C)C)NC(=O)[C@H](C)NC(=O)[C@@H](N)CC(C)C)C(=O)NCCNc1ccc(NCCNC(=O)[C@H](CCSC)NC(=O)[C@H](CC(C)C)NC(=O)[C@H](C)NC(=O)[C@@H](N)CC(C)C)c2c1C(=O)c1c(O)ccc(O)c1C2=O. The van der Waals surface area contributed by atoms with Gasteiger partial charge in [-0.25, -0.2) is 0 Å². The van der Waals surface area contributed by atoms with Crippen LogP contribution in [0.3, 0.4) is 0 Å². The van der Waals surface area contributed by atoms with Crippen molar-refractivity contribution in [1.29, 1.82) is 0 Å². The third-order valence-corrected chi connectivity index (χ3v) is 14.8. The average molecular weight is 1210 g/mol. The lowest BCUT2D eigenvalue weighted by atomic mass is 9.81. The lowest BCUT2D eigenvalue weighted by Gasteiger charge is -2.26. The molecule has 0 heterocycles. The van der Waals surface area contributed by atoms with E-state index in [1.165, 1.54) is 49.5 Å². The molecular weight excluding hydrogens is 1120 g/mol. The number of anilines is 2. The molecule has 0 unspecified atom stereocenters. The second-order valence-corrected chi connectivity index (χ2v) is 24.8. The molecular formula is C58H92N12O12S2. The summed E-state index contributed by atoms with van der Waals surface area (Å²) >= 11 is 2.92. The number of rotatable bonds is 36. The number of hydrogen-bond donors (Lipinski definition) is 14. The Balaban J connectivity index is 1.77. The molecule has 0 fully saturated rings. The topological polar surface area (TPSA) is 384 Å². The summed E-state index contributed by atoms with van der Waals surface area (Å²) in [5, 5.41) is 49.7. The number of aromatic hydroxyl groups is 2. The molecule has 0 aromatic heterocycles. The van der Waals surface area contributed by atoms with Gasteiger partial charge in [0.25, 0.3) is 0 Å². The maximum atomic E-state index is 14.3. The van der Waals surface area contributed by atoms with Crippen LogP contribution in [-0.2, 0) is 38.4 Å². The van der Waals surface area contributed by atoms with E-state index in [4.69, 9.17) is 11.5 Å². The van der Waals surface area contributed by atoms with Gasteiger partial charge in [0, 0.05) is 37.6 Å². The highest BCUT2D eigenvalue weighted by molar-refractivity contribution is 7.98. The molecule has 0 bridgehead atoms. The number of fused-ring (bicyclic) bond motifs is 2. The predicted molar refractivity (Wildman–Crippen MR) is 329 cm³/mol. The molecule has 1 aliphatic rings. The van der Waals surface area contributed by atoms with E-state index in [-0.39, 0.29) is 98.0 Å². The molecule has 2 aromatic rings. The van der Waals surface area contributed by atoms with Crippen molar-refractivity contribution in [3.05, 3.63) is 46.5 Å². The van der Waals surface area contributed by atoms with Crippen LogP contribution >= 0.6 is 23.5 Å². The minimum atomic E-state index is -1.04. The lowest BCUT2D eigenvalue weighted by molar-refractivity contribution is -0.134. The van der Waals surface area contributed by atoms with E-state index in [2.05, 4.69) is 53.2 Å². The number of phenolic OH excluding ortho intramolecular Hbond substituents is 2. The fourth-order valence-electron chi connectivity index (χ4n) is 9.23. The molecule has 2 aromatic carbocycles. The van der Waals surface area contributed by atoms with E-state index in [9.17, 15) is 58.2 Å². The fourth-order valence-corrected chi connectivity index (χ4v) is 10.2. The molecule has 0 spiro atoms. The van der Waals surface area contributed by atoms with Gasteiger partial charge < -0.3 is 74.8 Å².